The van der Waals surface area contributed by atoms with Crippen molar-refractivity contribution in [2.75, 3.05) is 18.0 Å². The average Bonchev–Trinajstić information content (AvgIpc) is 2.97. The van der Waals surface area contributed by atoms with Crippen LogP contribution in [0.5, 0.6) is 0 Å². The molecule has 0 amide bonds. The smallest absolute Gasteiger partial charge is 0.269 e. The molecule has 0 bridgehead atoms. The predicted octanol–water partition coefficient (Wildman–Crippen LogP) is 2.91. The van der Waals surface area contributed by atoms with Gasteiger partial charge in [-0.3, -0.25) is 0 Å². The van der Waals surface area contributed by atoms with Crippen molar-refractivity contribution in [3.8, 4) is 0 Å². The predicted molar refractivity (Wildman–Crippen MR) is 108 cm³/mol. The van der Waals surface area contributed by atoms with Gasteiger partial charge in [0.25, 0.3) is 10.0 Å². The van der Waals surface area contributed by atoms with Crippen molar-refractivity contribution >= 4 is 26.7 Å². The highest BCUT2D eigenvalue weighted by Crippen LogP contribution is 2.31. The van der Waals surface area contributed by atoms with Crippen LogP contribution in [0.4, 0.5) is 10.1 Å². The minimum Gasteiger partial charge on any atom is -0.367 e. The van der Waals surface area contributed by atoms with Crippen LogP contribution in [0.3, 0.4) is 0 Å². The van der Waals surface area contributed by atoms with E-state index in [9.17, 15) is 12.8 Å². The molecule has 0 saturated carbocycles. The van der Waals surface area contributed by atoms with E-state index in [1.807, 2.05) is 12.1 Å². The Labute approximate surface area is 164 Å². The first kappa shape index (κ1) is 18.9. The van der Waals surface area contributed by atoms with Gasteiger partial charge in [0.15, 0.2) is 0 Å². The number of nitrogens with one attached hydrogen (secondary N) is 1. The standard InChI is InChI=1S/C20H23FN4O2S/c1-13-11-24(12-14(2)22-13)18-8-5-9-19-20(18)23-15(3)25(19)28(26,27)17-7-4-6-16(21)10-17/h4-10,13-14,22H,11-12H2,1-3H3/t13-,14+. The molecule has 28 heavy (non-hydrogen) atoms. The van der Waals surface area contributed by atoms with Crippen LogP contribution >= 0.6 is 0 Å². The maximum atomic E-state index is 13.6. The molecule has 2 atom stereocenters. The number of halogens is 1. The molecule has 8 heteroatoms. The molecule has 2 heterocycles. The molecule has 0 spiro atoms. The Kier molecular flexibility index (Phi) is 4.63. The SMILES string of the molecule is Cc1nc2c(N3C[C@@H](C)N[C@@H](C)C3)cccc2n1S(=O)(=O)c1cccc(F)c1. The normalized spacial score (nSPS) is 20.6. The Morgan fingerprint density at radius 3 is 2.46 bits per heavy atom. The Hall–Kier alpha value is -2.45. The van der Waals surface area contributed by atoms with Crippen LogP contribution in [0.25, 0.3) is 11.0 Å². The number of piperazine rings is 1. The zero-order valence-corrected chi connectivity index (χ0v) is 16.9. The Morgan fingerprint density at radius 1 is 1.11 bits per heavy atom. The molecule has 1 aliphatic heterocycles. The Morgan fingerprint density at radius 2 is 1.79 bits per heavy atom. The van der Waals surface area contributed by atoms with Crippen LogP contribution in [0.1, 0.15) is 19.7 Å². The zero-order chi connectivity index (χ0) is 20.1. The number of aromatic nitrogens is 2. The number of nitrogens with zero attached hydrogens (tertiary/aromatic N) is 3. The van der Waals surface area contributed by atoms with Crippen molar-refractivity contribution in [2.24, 2.45) is 0 Å². The van der Waals surface area contributed by atoms with Gasteiger partial charge >= 0.3 is 0 Å². The second-order valence-corrected chi connectivity index (χ2v) is 9.19. The third-order valence-electron chi connectivity index (χ3n) is 5.01. The average molecular weight is 402 g/mol. The lowest BCUT2D eigenvalue weighted by Crippen LogP contribution is -2.54. The molecule has 0 radical (unpaired) electrons. The summed E-state index contributed by atoms with van der Waals surface area (Å²) >= 11 is 0. The second kappa shape index (κ2) is 6.86. The molecular formula is C20H23FN4O2S. The minimum absolute atomic E-state index is 0.0929. The highest BCUT2D eigenvalue weighted by Gasteiger charge is 2.27. The molecule has 148 valence electrons. The number of benzene rings is 2. The topological polar surface area (TPSA) is 67.2 Å². The van der Waals surface area contributed by atoms with E-state index in [-0.39, 0.29) is 4.90 Å². The summed E-state index contributed by atoms with van der Waals surface area (Å²) in [6.07, 6.45) is 0. The van der Waals surface area contributed by atoms with Crippen molar-refractivity contribution in [1.82, 2.24) is 14.3 Å². The zero-order valence-electron chi connectivity index (χ0n) is 16.1. The summed E-state index contributed by atoms with van der Waals surface area (Å²) in [6, 6.07) is 11.2. The monoisotopic (exact) mass is 402 g/mol. The van der Waals surface area contributed by atoms with E-state index in [2.05, 4.69) is 29.0 Å². The van der Waals surface area contributed by atoms with E-state index in [0.29, 0.717) is 28.9 Å². The summed E-state index contributed by atoms with van der Waals surface area (Å²) in [4.78, 5) is 6.72. The Balaban J connectivity index is 1.87. The molecule has 1 aromatic heterocycles. The van der Waals surface area contributed by atoms with Crippen molar-refractivity contribution in [2.45, 2.75) is 37.8 Å². The summed E-state index contributed by atoms with van der Waals surface area (Å²) in [6.45, 7) is 7.53. The first-order valence-electron chi connectivity index (χ1n) is 9.27. The number of rotatable bonds is 3. The number of para-hydroxylation sites is 1. The quantitative estimate of drug-likeness (QED) is 0.730. The molecule has 1 saturated heterocycles. The third kappa shape index (κ3) is 3.16. The van der Waals surface area contributed by atoms with Gasteiger partial charge in [0.05, 0.1) is 16.1 Å². The van der Waals surface area contributed by atoms with Gasteiger partial charge in [-0.1, -0.05) is 12.1 Å². The number of hydrogen-bond acceptors (Lipinski definition) is 5. The molecule has 1 aliphatic rings. The fourth-order valence-corrected chi connectivity index (χ4v) is 5.51. The molecule has 1 N–H and O–H groups in total. The third-order valence-corrected chi connectivity index (χ3v) is 6.80. The summed E-state index contributed by atoms with van der Waals surface area (Å²) in [5.41, 5.74) is 2.05. The maximum Gasteiger partial charge on any atom is 0.269 e. The molecule has 1 fully saturated rings. The molecule has 0 aliphatic carbocycles. The summed E-state index contributed by atoms with van der Waals surface area (Å²) in [5, 5.41) is 3.50. The van der Waals surface area contributed by atoms with Gasteiger partial charge < -0.3 is 10.2 Å². The van der Waals surface area contributed by atoms with Crippen LogP contribution in [0.15, 0.2) is 47.4 Å². The Bertz CT molecular complexity index is 1130. The second-order valence-electron chi connectivity index (χ2n) is 7.40. The van der Waals surface area contributed by atoms with E-state index in [1.54, 1.807) is 13.0 Å². The lowest BCUT2D eigenvalue weighted by Gasteiger charge is -2.37. The molecule has 0 unspecified atom stereocenters. The molecule has 2 aromatic carbocycles. The van der Waals surface area contributed by atoms with Crippen LogP contribution in [0, 0.1) is 12.7 Å². The van der Waals surface area contributed by atoms with Gasteiger partial charge in [0.2, 0.25) is 0 Å². The summed E-state index contributed by atoms with van der Waals surface area (Å²) in [7, 11) is -3.96. The fraction of sp³-hybridized carbons (Fsp3) is 0.350. The minimum atomic E-state index is -3.96. The number of imidazole rings is 1. The van der Waals surface area contributed by atoms with Crippen LogP contribution in [-0.2, 0) is 10.0 Å². The van der Waals surface area contributed by atoms with Crippen LogP contribution < -0.4 is 10.2 Å². The van der Waals surface area contributed by atoms with Crippen molar-refractivity contribution in [1.29, 1.82) is 0 Å². The lowest BCUT2D eigenvalue weighted by molar-refractivity contribution is 0.407. The first-order valence-corrected chi connectivity index (χ1v) is 10.7. The first-order chi connectivity index (χ1) is 13.3. The largest absolute Gasteiger partial charge is 0.367 e. The van der Waals surface area contributed by atoms with Gasteiger partial charge in [-0.25, -0.2) is 21.8 Å². The highest BCUT2D eigenvalue weighted by atomic mass is 32.2. The molecule has 3 aromatic rings. The number of hydrogen-bond donors (Lipinski definition) is 1. The lowest BCUT2D eigenvalue weighted by atomic mass is 10.1. The fourth-order valence-electron chi connectivity index (χ4n) is 3.99. The van der Waals surface area contributed by atoms with E-state index >= 15 is 0 Å². The van der Waals surface area contributed by atoms with Crippen LogP contribution in [0.2, 0.25) is 0 Å². The highest BCUT2D eigenvalue weighted by molar-refractivity contribution is 7.90. The van der Waals surface area contributed by atoms with Crippen molar-refractivity contribution < 1.29 is 12.8 Å². The van der Waals surface area contributed by atoms with Crippen molar-refractivity contribution in [3.05, 3.63) is 54.1 Å². The van der Waals surface area contributed by atoms with Gasteiger partial charge in [-0.15, -0.1) is 0 Å². The summed E-state index contributed by atoms with van der Waals surface area (Å²) < 4.78 is 41.2. The number of aryl methyl sites for hydroxylation is 1. The van der Waals surface area contributed by atoms with E-state index in [4.69, 9.17) is 0 Å². The van der Waals surface area contributed by atoms with Gasteiger partial charge in [-0.05, 0) is 51.1 Å². The van der Waals surface area contributed by atoms with Crippen molar-refractivity contribution in [3.63, 3.8) is 0 Å². The van der Waals surface area contributed by atoms with E-state index in [0.717, 1.165) is 24.8 Å². The molecular weight excluding hydrogens is 379 g/mol. The van der Waals surface area contributed by atoms with Gasteiger partial charge in [0, 0.05) is 25.2 Å². The van der Waals surface area contributed by atoms with Crippen LogP contribution in [-0.4, -0.2) is 42.5 Å². The molecule has 6 nitrogen and oxygen atoms in total. The van der Waals surface area contributed by atoms with E-state index in [1.165, 1.54) is 22.2 Å². The number of anilines is 1. The number of fused-ring (bicyclic) bond motifs is 1. The maximum absolute atomic E-state index is 13.6. The van der Waals surface area contributed by atoms with Gasteiger partial charge in [0.1, 0.15) is 17.2 Å². The molecule has 4 rings (SSSR count). The van der Waals surface area contributed by atoms with E-state index < -0.39 is 15.8 Å². The summed E-state index contributed by atoms with van der Waals surface area (Å²) in [5.74, 6) is -0.240. The van der Waals surface area contributed by atoms with Gasteiger partial charge in [-0.2, -0.15) is 0 Å².